The summed E-state index contributed by atoms with van der Waals surface area (Å²) >= 11 is 0. The first-order valence-electron chi connectivity index (χ1n) is 36.1. The third kappa shape index (κ3) is 28.7. The molecular formula is C97H66F12Ir4N4O6-6. The van der Waals surface area contributed by atoms with Crippen LogP contribution in [0.15, 0.2) is 304 Å². The molecule has 16 rings (SSSR count). The number of aryl methyl sites for hydroxylation is 2. The van der Waals surface area contributed by atoms with E-state index in [1.54, 1.807) is 36.4 Å². The second kappa shape index (κ2) is 46.0. The Kier molecular flexibility index (Phi) is 37.4. The van der Waals surface area contributed by atoms with Crippen molar-refractivity contribution in [2.75, 3.05) is 0 Å². The number of alkyl halides is 12. The van der Waals surface area contributed by atoms with E-state index in [9.17, 15) is 71.9 Å². The van der Waals surface area contributed by atoms with Crippen LogP contribution in [0.1, 0.15) is 74.4 Å². The van der Waals surface area contributed by atoms with Crippen molar-refractivity contribution in [1.29, 1.82) is 0 Å². The summed E-state index contributed by atoms with van der Waals surface area (Å²) in [4.78, 5) is 56.2. The van der Waals surface area contributed by atoms with Gasteiger partial charge in [0.1, 0.15) is 11.6 Å². The number of carboxylic acids is 2. The number of halogens is 12. The van der Waals surface area contributed by atoms with Crippen LogP contribution in [0.4, 0.5) is 52.7 Å². The van der Waals surface area contributed by atoms with Crippen LogP contribution >= 0.6 is 0 Å². The van der Waals surface area contributed by atoms with Crippen molar-refractivity contribution in [2.45, 2.75) is 58.8 Å². The van der Waals surface area contributed by atoms with E-state index in [1.165, 1.54) is 64.1 Å². The first-order valence-corrected chi connectivity index (χ1v) is 36.1. The van der Waals surface area contributed by atoms with Crippen LogP contribution < -0.4 is 0 Å². The quantitative estimate of drug-likeness (QED) is 0.0766. The van der Waals surface area contributed by atoms with Crippen LogP contribution in [0.25, 0.3) is 110 Å². The zero-order chi connectivity index (χ0) is 85.6. The van der Waals surface area contributed by atoms with E-state index in [1.807, 2.05) is 194 Å². The van der Waals surface area contributed by atoms with E-state index in [-0.39, 0.29) is 121 Å². The summed E-state index contributed by atoms with van der Waals surface area (Å²) in [6, 6.07) is 101. The fourth-order valence-electron chi connectivity index (χ4n) is 11.8. The van der Waals surface area contributed by atoms with E-state index in [2.05, 4.69) is 56.3 Å². The van der Waals surface area contributed by atoms with Crippen LogP contribution in [-0.2, 0) is 115 Å². The Morgan fingerprint density at radius 1 is 0.325 bits per heavy atom. The fourth-order valence-corrected chi connectivity index (χ4v) is 11.8. The van der Waals surface area contributed by atoms with Gasteiger partial charge in [-0.05, 0) is 61.1 Å². The molecule has 0 aliphatic rings. The van der Waals surface area contributed by atoms with Crippen molar-refractivity contribution in [3.8, 4) is 67.3 Å². The predicted molar refractivity (Wildman–Crippen MR) is 435 cm³/mol. The Bertz CT molecular complexity index is 5820. The average molecular weight is 2380 g/mol. The molecule has 636 valence electrons. The maximum Gasteiger partial charge on any atom is 0.418 e. The molecule has 10 nitrogen and oxygen atoms in total. The molecule has 123 heavy (non-hydrogen) atoms. The van der Waals surface area contributed by atoms with Gasteiger partial charge in [0.15, 0.2) is 0 Å². The normalized spacial score (nSPS) is 10.7. The minimum Gasteiger partial charge on any atom is -0.521 e. The zero-order valence-corrected chi connectivity index (χ0v) is 74.3. The van der Waals surface area contributed by atoms with E-state index in [4.69, 9.17) is 10.2 Å². The largest absolute Gasteiger partial charge is 0.521 e. The average Bonchev–Trinajstić information content (AvgIpc) is 0.784. The van der Waals surface area contributed by atoms with Crippen molar-refractivity contribution < 1.29 is 162 Å². The Morgan fingerprint density at radius 2 is 0.642 bits per heavy atom. The molecule has 0 bridgehead atoms. The third-order valence-electron chi connectivity index (χ3n) is 17.6. The number of hydrogen-bond donors (Lipinski definition) is 2. The van der Waals surface area contributed by atoms with Crippen LogP contribution in [0.5, 0.6) is 0 Å². The predicted octanol–water partition coefficient (Wildman–Crippen LogP) is 25.7. The smallest absolute Gasteiger partial charge is 0.418 e. The number of carboxylic acid groups (broad SMARTS) is 2. The molecule has 0 saturated heterocycles. The number of nitrogens with zero attached hydrogens (tertiary/aromatic N) is 4. The Balaban J connectivity index is 0.000000230. The molecule has 0 unspecified atom stereocenters. The monoisotopic (exact) mass is 2380 g/mol. The number of aromatic nitrogens is 4. The van der Waals surface area contributed by atoms with Gasteiger partial charge in [-0.2, -0.15) is 52.7 Å². The van der Waals surface area contributed by atoms with Gasteiger partial charge in [-0.25, -0.2) is 0 Å². The van der Waals surface area contributed by atoms with Crippen LogP contribution in [0.2, 0.25) is 0 Å². The molecule has 4 heterocycles. The van der Waals surface area contributed by atoms with E-state index in [0.29, 0.717) is 45.0 Å². The molecule has 26 heteroatoms. The maximum atomic E-state index is 12.7. The molecule has 12 aromatic carbocycles. The zero-order valence-electron chi connectivity index (χ0n) is 64.8. The van der Waals surface area contributed by atoms with Gasteiger partial charge >= 0.3 is 24.7 Å². The van der Waals surface area contributed by atoms with E-state index >= 15 is 0 Å². The standard InChI is InChI=1S/2C22H13F3N.2C17H11F3N.2C7H5O2.C5H8O2.4Ir/c2*23-22(24,25)18-10-12-21(26-14-18)17-9-11-20-16(13-17)7-4-8-19(20)15-5-2-1-3-6-15;2*1-11-8-16(21-10-15(11)17(18,19)20)14-7-6-12-4-2-3-5-13(12)9-14;2*8-7(9)6-4-2-1-3-5-6;1-4(6)3-5(2)7;;;;/h2*1-12,14H;2*2-8,10H,1H3;2*1-4H,(H,8,9);3H2,1-2H3;;;;/q6*-1;;;;;. The number of Topliss-reactive ketones (excluding diaryl/α,β-unsaturated/α-hetero) is 2. The van der Waals surface area contributed by atoms with Gasteiger partial charge in [0.25, 0.3) is 0 Å². The van der Waals surface area contributed by atoms with Crippen molar-refractivity contribution in [1.82, 2.24) is 19.9 Å². The summed E-state index contributed by atoms with van der Waals surface area (Å²) in [7, 11) is 0. The van der Waals surface area contributed by atoms with Crippen molar-refractivity contribution in [2.24, 2.45) is 0 Å². The molecule has 0 fully saturated rings. The number of carbonyl (C=O) groups excluding carboxylic acids is 2. The Labute approximate surface area is 754 Å². The summed E-state index contributed by atoms with van der Waals surface area (Å²) in [5, 5.41) is 24.5. The molecule has 16 aromatic rings. The van der Waals surface area contributed by atoms with Gasteiger partial charge in [0.05, 0.1) is 28.7 Å². The molecular weight excluding hydrogens is 2310 g/mol. The van der Waals surface area contributed by atoms with Crippen molar-refractivity contribution >= 4 is 66.6 Å². The number of ketones is 2. The van der Waals surface area contributed by atoms with Gasteiger partial charge in [-0.15, -0.1) is 179 Å². The number of pyridine rings is 4. The van der Waals surface area contributed by atoms with Crippen LogP contribution in [0, 0.1) is 50.2 Å². The number of aromatic carboxylic acids is 2. The molecule has 4 aromatic heterocycles. The molecule has 2 N–H and O–H groups in total. The van der Waals surface area contributed by atoms with Gasteiger partial charge in [-0.1, -0.05) is 213 Å². The summed E-state index contributed by atoms with van der Waals surface area (Å²) in [5.74, 6) is -1.99. The van der Waals surface area contributed by atoms with Gasteiger partial charge in [-0.3, -0.25) is 29.5 Å². The number of fused-ring (bicyclic) bond motifs is 4. The Hall–Kier alpha value is -11.7. The number of hydrogen-bond acceptors (Lipinski definition) is 8. The van der Waals surface area contributed by atoms with Crippen LogP contribution in [-0.4, -0.2) is 53.7 Å². The fraction of sp³-hybridized carbons (Fsp3) is 0.0928. The molecule has 0 aliphatic carbocycles. The van der Waals surface area contributed by atoms with Crippen LogP contribution in [0.3, 0.4) is 0 Å². The maximum absolute atomic E-state index is 12.7. The number of rotatable bonds is 10. The van der Waals surface area contributed by atoms with Gasteiger partial charge in [0, 0.05) is 128 Å². The van der Waals surface area contributed by atoms with E-state index in [0.717, 1.165) is 102 Å². The minimum atomic E-state index is -4.39. The summed E-state index contributed by atoms with van der Waals surface area (Å²) in [6.07, 6.45) is -14.0. The first kappa shape index (κ1) is 100. The minimum absolute atomic E-state index is 0. The van der Waals surface area contributed by atoms with Gasteiger partial charge in [0.2, 0.25) is 11.9 Å². The second-order valence-electron chi connectivity index (χ2n) is 26.3. The first-order chi connectivity index (χ1) is 56.7. The molecule has 0 atom stereocenters. The third-order valence-corrected chi connectivity index (χ3v) is 17.6. The summed E-state index contributed by atoms with van der Waals surface area (Å²) in [5.41, 5.74) is 6.81. The van der Waals surface area contributed by atoms with Gasteiger partial charge < -0.3 is 19.8 Å². The van der Waals surface area contributed by atoms with Crippen molar-refractivity contribution in [3.05, 3.63) is 385 Å². The molecule has 0 amide bonds. The number of carbonyl (C=O) groups is 4. The summed E-state index contributed by atoms with van der Waals surface area (Å²) < 4.78 is 153. The molecule has 0 spiro atoms. The molecule has 4 radical (unpaired) electrons. The van der Waals surface area contributed by atoms with E-state index < -0.39 is 58.9 Å². The topological polar surface area (TPSA) is 160 Å². The Morgan fingerprint density at radius 3 is 0.935 bits per heavy atom. The summed E-state index contributed by atoms with van der Waals surface area (Å²) in [6.45, 7) is 5.69. The molecule has 0 aliphatic heterocycles. The number of benzene rings is 12. The molecule has 0 saturated carbocycles. The SMILES string of the molecule is CC(=O)CC(C)=O.Cc1cc(-c2[c-]c3ccccc3cc2)ncc1C(F)(F)F.Cc1cc(-c2[c-]c3ccccc3cc2)ncc1C(F)(F)F.FC(F)(F)c1ccc(-c2[c-]c3cccc(-c4ccccc4)c3cc2)nc1.FC(F)(F)c1ccc(-c2[c-]c3cccc(-c4ccccc4)c3cc2)nc1.O=C(O)c1[c-]cccc1.O=C(O)c1[c-]cccc1.[Ir].[Ir].[Ir].[Ir]. The van der Waals surface area contributed by atoms with Crippen molar-refractivity contribution in [3.63, 3.8) is 0 Å². The second-order valence-corrected chi connectivity index (χ2v) is 26.3.